The van der Waals surface area contributed by atoms with Gasteiger partial charge in [0.1, 0.15) is 10.9 Å². The molecule has 0 bridgehead atoms. The van der Waals surface area contributed by atoms with Crippen LogP contribution in [0.2, 0.25) is 0 Å². The van der Waals surface area contributed by atoms with Crippen LogP contribution in [0.15, 0.2) is 29.3 Å². The smallest absolute Gasteiger partial charge is 0.230 e. The standard InChI is InChI=1S/C19H26N4O2S/c1-2-3-8-20-18(24)14-26-19-15-6-4-5-7-16(15)21-17(22-19)13-23-9-11-25-12-10-23/h4-7H,2-3,8-14H2,1H3,(H,20,24). The lowest BCUT2D eigenvalue weighted by atomic mass is 10.2. The van der Waals surface area contributed by atoms with Gasteiger partial charge in [0.15, 0.2) is 0 Å². The van der Waals surface area contributed by atoms with Gasteiger partial charge in [-0.2, -0.15) is 0 Å². The van der Waals surface area contributed by atoms with E-state index in [9.17, 15) is 4.79 Å². The third-order valence-corrected chi connectivity index (χ3v) is 5.27. The molecule has 0 atom stereocenters. The first-order chi connectivity index (χ1) is 12.8. The van der Waals surface area contributed by atoms with Gasteiger partial charge in [-0.1, -0.05) is 43.3 Å². The van der Waals surface area contributed by atoms with Crippen LogP contribution >= 0.6 is 11.8 Å². The molecule has 140 valence electrons. The number of benzene rings is 1. The quantitative estimate of drug-likeness (QED) is 0.435. The second-order valence-electron chi connectivity index (χ2n) is 6.34. The number of para-hydroxylation sites is 1. The van der Waals surface area contributed by atoms with Crippen molar-refractivity contribution >= 4 is 28.6 Å². The third kappa shape index (κ3) is 5.40. The Hall–Kier alpha value is -1.70. The van der Waals surface area contributed by atoms with Crippen molar-refractivity contribution in [2.24, 2.45) is 0 Å². The highest BCUT2D eigenvalue weighted by Crippen LogP contribution is 2.25. The highest BCUT2D eigenvalue weighted by molar-refractivity contribution is 8.00. The number of ether oxygens (including phenoxy) is 1. The molecule has 26 heavy (non-hydrogen) atoms. The van der Waals surface area contributed by atoms with Crippen LogP contribution in [0.4, 0.5) is 0 Å². The van der Waals surface area contributed by atoms with Gasteiger partial charge in [0, 0.05) is 25.0 Å². The number of hydrogen-bond donors (Lipinski definition) is 1. The van der Waals surface area contributed by atoms with Crippen LogP contribution in [0, 0.1) is 0 Å². The molecule has 1 aliphatic rings. The summed E-state index contributed by atoms with van der Waals surface area (Å²) in [5.41, 5.74) is 0.930. The van der Waals surface area contributed by atoms with Crippen molar-refractivity contribution in [3.63, 3.8) is 0 Å². The molecule has 0 unspecified atom stereocenters. The van der Waals surface area contributed by atoms with Crippen LogP contribution in [-0.2, 0) is 16.1 Å². The summed E-state index contributed by atoms with van der Waals surface area (Å²) in [6, 6.07) is 7.99. The van der Waals surface area contributed by atoms with Crippen molar-refractivity contribution in [1.29, 1.82) is 0 Å². The van der Waals surface area contributed by atoms with Crippen LogP contribution in [0.5, 0.6) is 0 Å². The van der Waals surface area contributed by atoms with Crippen molar-refractivity contribution in [2.75, 3.05) is 38.6 Å². The van der Waals surface area contributed by atoms with Crippen LogP contribution < -0.4 is 5.32 Å². The van der Waals surface area contributed by atoms with E-state index >= 15 is 0 Å². The maximum absolute atomic E-state index is 12.0. The number of nitrogens with zero attached hydrogens (tertiary/aromatic N) is 3. The number of amides is 1. The van der Waals surface area contributed by atoms with E-state index in [2.05, 4.69) is 17.1 Å². The average molecular weight is 375 g/mol. The highest BCUT2D eigenvalue weighted by atomic mass is 32.2. The number of rotatable bonds is 8. The summed E-state index contributed by atoms with van der Waals surface area (Å²) >= 11 is 1.49. The van der Waals surface area contributed by atoms with E-state index in [1.54, 1.807) is 0 Å². The van der Waals surface area contributed by atoms with Crippen molar-refractivity contribution in [3.8, 4) is 0 Å². The van der Waals surface area contributed by atoms with Crippen LogP contribution in [0.1, 0.15) is 25.6 Å². The van der Waals surface area contributed by atoms with Gasteiger partial charge in [-0.25, -0.2) is 9.97 Å². The van der Waals surface area contributed by atoms with E-state index in [1.165, 1.54) is 11.8 Å². The SMILES string of the molecule is CCCCNC(=O)CSc1nc(CN2CCOCC2)nc2ccccc12. The van der Waals surface area contributed by atoms with Gasteiger partial charge in [0.25, 0.3) is 0 Å². The number of morpholine rings is 1. The largest absolute Gasteiger partial charge is 0.379 e. The summed E-state index contributed by atoms with van der Waals surface area (Å²) in [6.07, 6.45) is 2.09. The molecule has 0 radical (unpaired) electrons. The van der Waals surface area contributed by atoms with Gasteiger partial charge in [-0.3, -0.25) is 9.69 Å². The van der Waals surface area contributed by atoms with Gasteiger partial charge in [0.05, 0.1) is 31.0 Å². The van der Waals surface area contributed by atoms with Gasteiger partial charge < -0.3 is 10.1 Å². The minimum Gasteiger partial charge on any atom is -0.379 e. The molecule has 0 aliphatic carbocycles. The van der Waals surface area contributed by atoms with Crippen molar-refractivity contribution in [1.82, 2.24) is 20.2 Å². The average Bonchev–Trinajstić information content (AvgIpc) is 2.67. The second kappa shape index (κ2) is 9.85. The number of hydrogen-bond acceptors (Lipinski definition) is 6. The first-order valence-electron chi connectivity index (χ1n) is 9.21. The fourth-order valence-electron chi connectivity index (χ4n) is 2.82. The number of thioether (sulfide) groups is 1. The molecule has 7 heteroatoms. The number of fused-ring (bicyclic) bond motifs is 1. The Labute approximate surface area is 158 Å². The van der Waals surface area contributed by atoms with Crippen LogP contribution in [0.25, 0.3) is 10.9 Å². The monoisotopic (exact) mass is 374 g/mol. The van der Waals surface area contributed by atoms with E-state index in [1.807, 2.05) is 24.3 Å². The fraction of sp³-hybridized carbons (Fsp3) is 0.526. The van der Waals surface area contributed by atoms with E-state index < -0.39 is 0 Å². The maximum atomic E-state index is 12.0. The molecule has 1 aromatic heterocycles. The van der Waals surface area contributed by atoms with Gasteiger partial charge in [0.2, 0.25) is 5.91 Å². The van der Waals surface area contributed by atoms with Crippen LogP contribution in [-0.4, -0.2) is 59.4 Å². The number of unbranched alkanes of at least 4 members (excludes halogenated alkanes) is 1. The van der Waals surface area contributed by atoms with Crippen molar-refractivity contribution in [2.45, 2.75) is 31.3 Å². The highest BCUT2D eigenvalue weighted by Gasteiger charge is 2.15. The predicted molar refractivity (Wildman–Crippen MR) is 104 cm³/mol. The fourth-order valence-corrected chi connectivity index (χ4v) is 3.69. The minimum absolute atomic E-state index is 0.0564. The van der Waals surface area contributed by atoms with Crippen molar-refractivity contribution < 1.29 is 9.53 Å². The molecule has 6 nitrogen and oxygen atoms in total. The first kappa shape index (κ1) is 19.1. The molecule has 1 fully saturated rings. The second-order valence-corrected chi connectivity index (χ2v) is 7.31. The lowest BCUT2D eigenvalue weighted by Gasteiger charge is -2.25. The summed E-state index contributed by atoms with van der Waals surface area (Å²) in [5, 5.41) is 4.84. The number of carbonyl (C=O) groups is 1. The summed E-state index contributed by atoms with van der Waals surface area (Å²) < 4.78 is 5.41. The molecule has 1 N–H and O–H groups in total. The van der Waals surface area contributed by atoms with Gasteiger partial charge in [-0.05, 0) is 12.5 Å². The van der Waals surface area contributed by atoms with Crippen LogP contribution in [0.3, 0.4) is 0 Å². The van der Waals surface area contributed by atoms with Gasteiger partial charge in [-0.15, -0.1) is 0 Å². The normalized spacial score (nSPS) is 15.3. The third-order valence-electron chi connectivity index (χ3n) is 4.28. The molecule has 1 aromatic carbocycles. The minimum atomic E-state index is 0.0564. The summed E-state index contributed by atoms with van der Waals surface area (Å²) in [4.78, 5) is 23.8. The maximum Gasteiger partial charge on any atom is 0.230 e. The predicted octanol–water partition coefficient (Wildman–Crippen LogP) is 2.47. The number of carbonyl (C=O) groups excluding carboxylic acids is 1. The Balaban J connectivity index is 1.71. The Kier molecular flexibility index (Phi) is 7.22. The van der Waals surface area contributed by atoms with E-state index in [0.29, 0.717) is 12.3 Å². The molecule has 2 aromatic rings. The van der Waals surface area contributed by atoms with E-state index in [4.69, 9.17) is 14.7 Å². The zero-order chi connectivity index (χ0) is 18.2. The first-order valence-corrected chi connectivity index (χ1v) is 10.2. The molecule has 1 aliphatic heterocycles. The summed E-state index contributed by atoms with van der Waals surface area (Å²) in [7, 11) is 0. The number of aromatic nitrogens is 2. The molecule has 3 rings (SSSR count). The Bertz CT molecular complexity index is 735. The molecule has 1 amide bonds. The summed E-state index contributed by atoms with van der Waals surface area (Å²) in [6.45, 7) is 6.88. The molecule has 2 heterocycles. The Morgan fingerprint density at radius 2 is 2.08 bits per heavy atom. The molecule has 1 saturated heterocycles. The van der Waals surface area contributed by atoms with E-state index in [0.717, 1.165) is 67.4 Å². The Morgan fingerprint density at radius 1 is 1.27 bits per heavy atom. The Morgan fingerprint density at radius 3 is 2.88 bits per heavy atom. The van der Waals surface area contributed by atoms with Gasteiger partial charge >= 0.3 is 0 Å². The molecular formula is C19H26N4O2S. The molecule has 0 spiro atoms. The zero-order valence-corrected chi connectivity index (χ0v) is 16.1. The molecule has 0 saturated carbocycles. The van der Waals surface area contributed by atoms with Crippen molar-refractivity contribution in [3.05, 3.63) is 30.1 Å². The van der Waals surface area contributed by atoms with E-state index in [-0.39, 0.29) is 5.91 Å². The lowest BCUT2D eigenvalue weighted by Crippen LogP contribution is -2.36. The topological polar surface area (TPSA) is 67.4 Å². The lowest BCUT2D eigenvalue weighted by molar-refractivity contribution is -0.118. The zero-order valence-electron chi connectivity index (χ0n) is 15.2. The summed E-state index contributed by atoms with van der Waals surface area (Å²) in [5.74, 6) is 1.24. The molecular weight excluding hydrogens is 348 g/mol. The number of nitrogens with one attached hydrogen (secondary N) is 1.